The van der Waals surface area contributed by atoms with Gasteiger partial charge in [-0.1, -0.05) is 6.07 Å². The molecule has 0 bridgehead atoms. The van der Waals surface area contributed by atoms with Crippen molar-refractivity contribution in [3.63, 3.8) is 0 Å². The summed E-state index contributed by atoms with van der Waals surface area (Å²) in [5, 5.41) is 27.8. The number of fused-ring (bicyclic) bond motifs is 1. The largest absolute Gasteiger partial charge is 0.490 e. The quantitative estimate of drug-likeness (QED) is 0.374. The Morgan fingerprint density at radius 3 is 2.42 bits per heavy atom. The van der Waals surface area contributed by atoms with Crippen molar-refractivity contribution < 1.29 is 48.6 Å². The lowest BCUT2D eigenvalue weighted by Gasteiger charge is -2.25. The Morgan fingerprint density at radius 1 is 1.09 bits per heavy atom. The predicted octanol–water partition coefficient (Wildman–Crippen LogP) is 1.97. The third kappa shape index (κ3) is 5.36. The summed E-state index contributed by atoms with van der Waals surface area (Å²) in [7, 11) is 1.30. The maximum atomic E-state index is 12.3. The topological polar surface area (TPSA) is 141 Å². The van der Waals surface area contributed by atoms with Gasteiger partial charge < -0.3 is 39.0 Å². The first-order chi connectivity index (χ1) is 15.5. The molecule has 0 fully saturated rings. The molecule has 10 heteroatoms. The number of rotatable bonds is 9. The standard InChI is InChI=1S/C23H26O10/c1-5-30-21(25)22(2,3)12-32-18-15(8-9-17(19(18)29-4)33-23(26,27)28)13-6-7-16-14(10-13)11-31-20(16)24/h6-10,26-28H,5,11-12H2,1-4H3. The molecule has 1 heterocycles. The maximum Gasteiger partial charge on any atom is 0.453 e. The van der Waals surface area contributed by atoms with Gasteiger partial charge >= 0.3 is 18.1 Å². The van der Waals surface area contributed by atoms with Gasteiger partial charge in [-0.05, 0) is 50.6 Å². The highest BCUT2D eigenvalue weighted by Crippen LogP contribution is 2.46. The van der Waals surface area contributed by atoms with Crippen LogP contribution in [0.15, 0.2) is 30.3 Å². The minimum absolute atomic E-state index is 0.0542. The zero-order valence-corrected chi connectivity index (χ0v) is 18.7. The molecule has 1 aliphatic rings. The number of carbonyl (C=O) groups is 2. The summed E-state index contributed by atoms with van der Waals surface area (Å²) in [6.45, 7) is 5.22. The van der Waals surface area contributed by atoms with E-state index >= 15 is 0 Å². The molecule has 3 rings (SSSR count). The van der Waals surface area contributed by atoms with E-state index in [0.29, 0.717) is 22.3 Å². The Balaban J connectivity index is 2.07. The molecule has 0 saturated heterocycles. The van der Waals surface area contributed by atoms with Gasteiger partial charge in [-0.3, -0.25) is 4.79 Å². The van der Waals surface area contributed by atoms with Gasteiger partial charge in [0.1, 0.15) is 13.2 Å². The van der Waals surface area contributed by atoms with Crippen LogP contribution in [-0.4, -0.2) is 53.7 Å². The Bertz CT molecular complexity index is 1050. The third-order valence-electron chi connectivity index (χ3n) is 4.93. The fraction of sp³-hybridized carbons (Fsp3) is 0.391. The molecule has 2 aromatic rings. The van der Waals surface area contributed by atoms with Crippen LogP contribution in [0.4, 0.5) is 0 Å². The Labute approximate surface area is 190 Å². The van der Waals surface area contributed by atoms with Crippen molar-refractivity contribution in [2.45, 2.75) is 33.5 Å². The number of hydrogen-bond acceptors (Lipinski definition) is 10. The highest BCUT2D eigenvalue weighted by Gasteiger charge is 2.33. The first-order valence-corrected chi connectivity index (χ1v) is 10.1. The molecule has 0 saturated carbocycles. The van der Waals surface area contributed by atoms with Crippen LogP contribution in [0.1, 0.15) is 36.7 Å². The van der Waals surface area contributed by atoms with Crippen molar-refractivity contribution in [3.8, 4) is 28.4 Å². The molecule has 2 aromatic carbocycles. The SMILES string of the molecule is CCOC(=O)C(C)(C)COc1c(-c2ccc3c(c2)COC3=O)ccc(OC(O)(O)O)c1OC. The number of methoxy groups -OCH3 is 1. The van der Waals surface area contributed by atoms with Gasteiger partial charge in [0.15, 0.2) is 11.5 Å². The average Bonchev–Trinajstić information content (AvgIpc) is 3.11. The summed E-state index contributed by atoms with van der Waals surface area (Å²) in [5.74, 6) is -1.04. The lowest BCUT2D eigenvalue weighted by molar-refractivity contribution is -0.419. The van der Waals surface area contributed by atoms with E-state index in [9.17, 15) is 24.9 Å². The minimum Gasteiger partial charge on any atom is -0.490 e. The Kier molecular flexibility index (Phi) is 6.82. The van der Waals surface area contributed by atoms with Gasteiger partial charge in [-0.2, -0.15) is 0 Å². The van der Waals surface area contributed by atoms with E-state index in [1.54, 1.807) is 45.0 Å². The van der Waals surface area contributed by atoms with E-state index in [0.717, 1.165) is 0 Å². The Hall–Kier alpha value is -3.34. The van der Waals surface area contributed by atoms with Crippen LogP contribution in [0.2, 0.25) is 0 Å². The molecule has 3 N–H and O–H groups in total. The third-order valence-corrected chi connectivity index (χ3v) is 4.93. The summed E-state index contributed by atoms with van der Waals surface area (Å²) in [4.78, 5) is 24.1. The Morgan fingerprint density at radius 2 is 1.79 bits per heavy atom. The molecule has 0 aliphatic carbocycles. The number of esters is 2. The van der Waals surface area contributed by atoms with Crippen LogP contribution in [-0.2, 0) is 20.9 Å². The molecular weight excluding hydrogens is 436 g/mol. The number of benzene rings is 2. The highest BCUT2D eigenvalue weighted by atomic mass is 16.9. The first-order valence-electron chi connectivity index (χ1n) is 10.1. The van der Waals surface area contributed by atoms with Crippen LogP contribution in [0, 0.1) is 5.41 Å². The average molecular weight is 462 g/mol. The number of hydrogen-bond donors (Lipinski definition) is 3. The van der Waals surface area contributed by atoms with Crippen molar-refractivity contribution in [1.82, 2.24) is 0 Å². The fourth-order valence-electron chi connectivity index (χ4n) is 3.28. The number of cyclic esters (lactones) is 1. The molecule has 0 radical (unpaired) electrons. The van der Waals surface area contributed by atoms with E-state index in [2.05, 4.69) is 0 Å². The summed E-state index contributed by atoms with van der Waals surface area (Å²) in [6, 6.07) is 7.98. The van der Waals surface area contributed by atoms with Gasteiger partial charge in [0, 0.05) is 11.1 Å². The van der Waals surface area contributed by atoms with Crippen LogP contribution < -0.4 is 14.2 Å². The van der Waals surface area contributed by atoms with Crippen molar-refractivity contribution in [2.24, 2.45) is 5.41 Å². The molecule has 10 nitrogen and oxygen atoms in total. The lowest BCUT2D eigenvalue weighted by Crippen LogP contribution is -2.35. The van der Waals surface area contributed by atoms with Crippen LogP contribution in [0.3, 0.4) is 0 Å². The molecule has 0 amide bonds. The van der Waals surface area contributed by atoms with E-state index in [-0.39, 0.29) is 37.1 Å². The molecule has 33 heavy (non-hydrogen) atoms. The van der Waals surface area contributed by atoms with Crippen molar-refractivity contribution in [1.29, 1.82) is 0 Å². The van der Waals surface area contributed by atoms with E-state index in [4.69, 9.17) is 23.7 Å². The van der Waals surface area contributed by atoms with Crippen molar-refractivity contribution in [3.05, 3.63) is 41.5 Å². The first kappa shape index (κ1) is 24.3. The lowest BCUT2D eigenvalue weighted by atomic mass is 9.95. The molecule has 178 valence electrons. The fourth-order valence-corrected chi connectivity index (χ4v) is 3.28. The smallest absolute Gasteiger partial charge is 0.453 e. The zero-order chi connectivity index (χ0) is 24.4. The van der Waals surface area contributed by atoms with E-state index in [1.165, 1.54) is 13.2 Å². The van der Waals surface area contributed by atoms with Crippen LogP contribution in [0.5, 0.6) is 17.2 Å². The van der Waals surface area contributed by atoms with Gasteiger partial charge in [-0.15, -0.1) is 0 Å². The monoisotopic (exact) mass is 462 g/mol. The summed E-state index contributed by atoms with van der Waals surface area (Å²) >= 11 is 0. The molecular formula is C23H26O10. The summed E-state index contributed by atoms with van der Waals surface area (Å²) in [6.07, 6.45) is -3.46. The second kappa shape index (κ2) is 9.26. The second-order valence-corrected chi connectivity index (χ2v) is 7.99. The number of ether oxygens (including phenoxy) is 5. The second-order valence-electron chi connectivity index (χ2n) is 7.99. The van der Waals surface area contributed by atoms with Gasteiger partial charge in [0.2, 0.25) is 5.75 Å². The van der Waals surface area contributed by atoms with Gasteiger partial charge in [-0.25, -0.2) is 4.79 Å². The van der Waals surface area contributed by atoms with E-state index < -0.39 is 23.5 Å². The minimum atomic E-state index is -3.46. The van der Waals surface area contributed by atoms with Crippen LogP contribution in [0.25, 0.3) is 11.1 Å². The molecule has 0 spiro atoms. The highest BCUT2D eigenvalue weighted by molar-refractivity contribution is 5.94. The summed E-state index contributed by atoms with van der Waals surface area (Å²) in [5.41, 5.74) is 1.27. The predicted molar refractivity (Wildman–Crippen MR) is 113 cm³/mol. The van der Waals surface area contributed by atoms with E-state index in [1.807, 2.05) is 0 Å². The van der Waals surface area contributed by atoms with Crippen molar-refractivity contribution >= 4 is 11.9 Å². The molecule has 0 aromatic heterocycles. The number of carbonyl (C=O) groups excluding carboxylic acids is 2. The van der Waals surface area contributed by atoms with Crippen LogP contribution >= 0.6 is 0 Å². The number of aliphatic hydroxyl groups is 3. The molecule has 1 aliphatic heterocycles. The maximum absolute atomic E-state index is 12.3. The van der Waals surface area contributed by atoms with Crippen molar-refractivity contribution in [2.75, 3.05) is 20.3 Å². The van der Waals surface area contributed by atoms with Gasteiger partial charge in [0.05, 0.1) is 24.7 Å². The summed E-state index contributed by atoms with van der Waals surface area (Å²) < 4.78 is 26.3. The zero-order valence-electron chi connectivity index (χ0n) is 18.7. The normalized spacial score (nSPS) is 13.2. The molecule has 0 unspecified atom stereocenters. The molecule has 0 atom stereocenters. The van der Waals surface area contributed by atoms with Gasteiger partial charge in [0.25, 0.3) is 0 Å².